The van der Waals surface area contributed by atoms with Crippen LogP contribution in [0.5, 0.6) is 0 Å². The van der Waals surface area contributed by atoms with Crippen molar-refractivity contribution in [3.63, 3.8) is 0 Å². The topological polar surface area (TPSA) is 60.7 Å². The third kappa shape index (κ3) is 0.939. The average molecular weight is 212 g/mol. The van der Waals surface area contributed by atoms with Crippen LogP contribution >= 0.6 is 23.5 Å². The normalized spacial score (nSPS) is 15.1. The van der Waals surface area contributed by atoms with Crippen LogP contribution in [0.2, 0.25) is 0 Å². The molecule has 5 nitrogen and oxygen atoms in total. The van der Waals surface area contributed by atoms with Crippen molar-refractivity contribution in [1.82, 2.24) is 18.3 Å². The van der Waals surface area contributed by atoms with Gasteiger partial charge < -0.3 is 0 Å². The third-order valence-electron chi connectivity index (χ3n) is 1.90. The first-order valence-electron chi connectivity index (χ1n) is 3.72. The van der Waals surface area contributed by atoms with Gasteiger partial charge in [-0.2, -0.15) is 8.75 Å². The van der Waals surface area contributed by atoms with Crippen molar-refractivity contribution in [1.29, 1.82) is 0 Å². The molecule has 1 aliphatic heterocycles. The van der Waals surface area contributed by atoms with Gasteiger partial charge in [0.1, 0.15) is 0 Å². The molecular formula is C6H4N4OS2. The van der Waals surface area contributed by atoms with Crippen molar-refractivity contribution in [3.05, 3.63) is 10.4 Å². The van der Waals surface area contributed by atoms with Gasteiger partial charge in [0.25, 0.3) is 5.56 Å². The molecule has 0 aromatic carbocycles. The van der Waals surface area contributed by atoms with Crippen LogP contribution in [0.15, 0.2) is 9.95 Å². The highest BCUT2D eigenvalue weighted by Gasteiger charge is 2.18. The number of rotatable bonds is 0. The predicted octanol–water partition coefficient (Wildman–Crippen LogP) is 0.354. The molecule has 2 aromatic rings. The predicted molar refractivity (Wildman–Crippen MR) is 50.2 cm³/mol. The van der Waals surface area contributed by atoms with E-state index in [1.54, 1.807) is 16.3 Å². The lowest BCUT2D eigenvalue weighted by Crippen LogP contribution is -2.20. The van der Waals surface area contributed by atoms with E-state index in [1.807, 2.05) is 0 Å². The molecule has 0 aliphatic carbocycles. The minimum Gasteiger partial charge on any atom is -0.285 e. The third-order valence-corrected chi connectivity index (χ3v) is 3.37. The number of thioether (sulfide) groups is 1. The van der Waals surface area contributed by atoms with Gasteiger partial charge in [0.05, 0.1) is 11.7 Å². The van der Waals surface area contributed by atoms with Gasteiger partial charge >= 0.3 is 0 Å². The molecule has 3 rings (SSSR count). The van der Waals surface area contributed by atoms with Gasteiger partial charge in [-0.1, -0.05) is 11.8 Å². The largest absolute Gasteiger partial charge is 0.285 e. The minimum atomic E-state index is -0.0567. The summed E-state index contributed by atoms with van der Waals surface area (Å²) in [7, 11) is 0. The molecule has 0 saturated heterocycles. The lowest BCUT2D eigenvalue weighted by atomic mass is 10.5. The quantitative estimate of drug-likeness (QED) is 0.590. The van der Waals surface area contributed by atoms with Crippen LogP contribution in [0.4, 0.5) is 0 Å². The molecule has 0 atom stereocenters. The second-order valence-corrected chi connectivity index (χ2v) is 4.23. The molecule has 0 N–H and O–H groups in total. The van der Waals surface area contributed by atoms with E-state index >= 15 is 0 Å². The van der Waals surface area contributed by atoms with E-state index in [4.69, 9.17) is 0 Å². The fraction of sp³-hybridized carbons (Fsp3) is 0.333. The van der Waals surface area contributed by atoms with Crippen LogP contribution in [-0.2, 0) is 6.54 Å². The molecule has 0 unspecified atom stereocenters. The summed E-state index contributed by atoms with van der Waals surface area (Å²) in [5.74, 6) is 0.915. The number of aromatic nitrogens is 4. The molecule has 3 heterocycles. The van der Waals surface area contributed by atoms with Gasteiger partial charge in [0, 0.05) is 12.3 Å². The highest BCUT2D eigenvalue weighted by atomic mass is 32.2. The van der Waals surface area contributed by atoms with Crippen LogP contribution in [0.3, 0.4) is 0 Å². The lowest BCUT2D eigenvalue weighted by Gasteiger charge is -1.97. The van der Waals surface area contributed by atoms with E-state index in [9.17, 15) is 4.79 Å². The minimum absolute atomic E-state index is 0.0567. The Kier molecular flexibility index (Phi) is 1.44. The smallest absolute Gasteiger partial charge is 0.283 e. The Labute approximate surface area is 81.1 Å². The first kappa shape index (κ1) is 7.45. The standard InChI is InChI=1S/C6H4N4OS2/c11-5-3-4(9-13-8-3)7-6-10(5)1-2-12-6/h1-2H2. The Morgan fingerprint density at radius 2 is 2.31 bits per heavy atom. The number of hydrogen-bond donors (Lipinski definition) is 0. The van der Waals surface area contributed by atoms with Crippen molar-refractivity contribution in [2.75, 3.05) is 5.75 Å². The molecule has 7 heteroatoms. The number of nitrogens with zero attached hydrogens (tertiary/aromatic N) is 4. The summed E-state index contributed by atoms with van der Waals surface area (Å²) in [6.07, 6.45) is 0. The number of hydrogen-bond acceptors (Lipinski definition) is 6. The Morgan fingerprint density at radius 3 is 3.23 bits per heavy atom. The van der Waals surface area contributed by atoms with E-state index in [1.165, 1.54) is 0 Å². The van der Waals surface area contributed by atoms with E-state index < -0.39 is 0 Å². The van der Waals surface area contributed by atoms with E-state index in [0.29, 0.717) is 11.2 Å². The van der Waals surface area contributed by atoms with Crippen LogP contribution in [0.25, 0.3) is 11.2 Å². The maximum Gasteiger partial charge on any atom is 0.283 e. The monoisotopic (exact) mass is 212 g/mol. The summed E-state index contributed by atoms with van der Waals surface area (Å²) in [4.78, 5) is 15.9. The zero-order valence-electron chi connectivity index (χ0n) is 6.43. The van der Waals surface area contributed by atoms with Crippen LogP contribution in [0.1, 0.15) is 0 Å². The Hall–Kier alpha value is -0.950. The summed E-state index contributed by atoms with van der Waals surface area (Å²) in [5.41, 5.74) is 0.825. The summed E-state index contributed by atoms with van der Waals surface area (Å²) in [5, 5.41) is 0.769. The number of fused-ring (bicyclic) bond motifs is 2. The summed E-state index contributed by atoms with van der Waals surface area (Å²) in [6, 6.07) is 0. The molecule has 0 fully saturated rings. The van der Waals surface area contributed by atoms with Crippen LogP contribution < -0.4 is 5.56 Å². The molecule has 66 valence electrons. The maximum absolute atomic E-state index is 11.7. The van der Waals surface area contributed by atoms with Gasteiger partial charge in [-0.15, -0.1) is 0 Å². The lowest BCUT2D eigenvalue weighted by molar-refractivity contribution is 0.667. The van der Waals surface area contributed by atoms with Gasteiger partial charge in [0.2, 0.25) is 5.65 Å². The molecule has 1 aliphatic rings. The fourth-order valence-corrected chi connectivity index (χ4v) is 2.72. The van der Waals surface area contributed by atoms with E-state index in [-0.39, 0.29) is 5.56 Å². The molecule has 13 heavy (non-hydrogen) atoms. The van der Waals surface area contributed by atoms with Gasteiger partial charge in [-0.3, -0.25) is 9.36 Å². The summed E-state index contributed by atoms with van der Waals surface area (Å²) >= 11 is 2.62. The van der Waals surface area contributed by atoms with E-state index in [0.717, 1.165) is 29.2 Å². The summed E-state index contributed by atoms with van der Waals surface area (Å²) < 4.78 is 9.53. The molecule has 0 spiro atoms. The average Bonchev–Trinajstić information content (AvgIpc) is 2.71. The highest BCUT2D eigenvalue weighted by molar-refractivity contribution is 7.99. The zero-order chi connectivity index (χ0) is 8.84. The molecule has 0 radical (unpaired) electrons. The summed E-state index contributed by atoms with van der Waals surface area (Å²) in [6.45, 7) is 0.735. The second-order valence-electron chi connectivity index (χ2n) is 2.64. The van der Waals surface area contributed by atoms with Crippen molar-refractivity contribution < 1.29 is 0 Å². The zero-order valence-corrected chi connectivity index (χ0v) is 8.06. The fourth-order valence-electron chi connectivity index (χ4n) is 1.29. The van der Waals surface area contributed by atoms with Crippen LogP contribution in [0, 0.1) is 0 Å². The molecule has 0 bridgehead atoms. The van der Waals surface area contributed by atoms with Gasteiger partial charge in [-0.25, -0.2) is 4.98 Å². The van der Waals surface area contributed by atoms with Gasteiger partial charge in [-0.05, 0) is 0 Å². The molecule has 0 amide bonds. The van der Waals surface area contributed by atoms with Crippen molar-refractivity contribution in [2.45, 2.75) is 11.7 Å². The van der Waals surface area contributed by atoms with Crippen molar-refractivity contribution >= 4 is 34.7 Å². The maximum atomic E-state index is 11.7. The van der Waals surface area contributed by atoms with Crippen LogP contribution in [-0.4, -0.2) is 24.1 Å². The Balaban J connectivity index is 2.53. The SMILES string of the molecule is O=c1c2nsnc2nc2n1CCS2. The Morgan fingerprint density at radius 1 is 1.38 bits per heavy atom. The second kappa shape index (κ2) is 2.52. The van der Waals surface area contributed by atoms with Crippen molar-refractivity contribution in [2.24, 2.45) is 0 Å². The molecular weight excluding hydrogens is 208 g/mol. The van der Waals surface area contributed by atoms with Gasteiger partial charge in [0.15, 0.2) is 10.7 Å². The first-order valence-corrected chi connectivity index (χ1v) is 5.44. The Bertz CT molecular complexity index is 531. The molecule has 0 saturated carbocycles. The van der Waals surface area contributed by atoms with E-state index in [2.05, 4.69) is 13.7 Å². The van der Waals surface area contributed by atoms with Crippen molar-refractivity contribution in [3.8, 4) is 0 Å². The molecule has 2 aromatic heterocycles. The highest BCUT2D eigenvalue weighted by Crippen LogP contribution is 2.22. The first-order chi connectivity index (χ1) is 6.36.